The Hall–Kier alpha value is -2.37. The van der Waals surface area contributed by atoms with E-state index in [2.05, 4.69) is 20.3 Å². The summed E-state index contributed by atoms with van der Waals surface area (Å²) in [5, 5.41) is 9.12. The molecule has 0 unspecified atom stereocenters. The maximum atomic E-state index is 12.7. The lowest BCUT2D eigenvalue weighted by molar-refractivity contribution is -0.126. The second-order valence-electron chi connectivity index (χ2n) is 7.05. The Morgan fingerprint density at radius 3 is 2.62 bits per heavy atom. The maximum absolute atomic E-state index is 12.7. The normalized spacial score (nSPS) is 18.9. The van der Waals surface area contributed by atoms with Gasteiger partial charge < -0.3 is 10.6 Å². The van der Waals surface area contributed by atoms with Crippen molar-refractivity contribution < 1.29 is 9.59 Å². The minimum absolute atomic E-state index is 0.360. The molecule has 4 heterocycles. The van der Waals surface area contributed by atoms with E-state index in [9.17, 15) is 9.59 Å². The Kier molecular flexibility index (Phi) is 5.13. The minimum Gasteiger partial charge on any atom is -0.368 e. The monoisotopic (exact) mass is 448 g/mol. The van der Waals surface area contributed by atoms with Crippen molar-refractivity contribution in [1.29, 1.82) is 0 Å². The van der Waals surface area contributed by atoms with E-state index in [1.54, 1.807) is 18.3 Å². The number of hydrogen-bond acceptors (Lipinski definition) is 8. The average Bonchev–Trinajstić information content (AvgIpc) is 3.41. The standard InChI is InChI=1S/C18H20N6O2S3/c1-9-13(11-7-28-14(22-11)12-8-27-10(2)21-12)29-16(20-9)23-17(26)24-6-4-5-18(24,3)15(19)25/h7-8H,4-6H2,1-3H3,(H2,19,25)(H,20,23,26)/t18-/m0/s1. The first-order chi connectivity index (χ1) is 13.8. The van der Waals surface area contributed by atoms with Crippen molar-refractivity contribution >= 4 is 51.1 Å². The highest BCUT2D eigenvalue weighted by atomic mass is 32.1. The van der Waals surface area contributed by atoms with E-state index >= 15 is 0 Å². The van der Waals surface area contributed by atoms with E-state index in [1.165, 1.54) is 27.6 Å². The van der Waals surface area contributed by atoms with Gasteiger partial charge in [-0.2, -0.15) is 0 Å². The third-order valence-corrected chi connectivity index (χ3v) is 7.74. The van der Waals surface area contributed by atoms with Gasteiger partial charge in [0.2, 0.25) is 5.91 Å². The van der Waals surface area contributed by atoms with Crippen LogP contribution in [-0.2, 0) is 4.79 Å². The lowest BCUT2D eigenvalue weighted by Gasteiger charge is -2.31. The third kappa shape index (κ3) is 3.65. The molecular weight excluding hydrogens is 428 g/mol. The molecule has 3 aromatic rings. The number of nitrogens with one attached hydrogen (secondary N) is 1. The van der Waals surface area contributed by atoms with Crippen molar-refractivity contribution in [3.8, 4) is 21.3 Å². The number of aromatic nitrogens is 3. The molecule has 0 saturated carbocycles. The highest BCUT2D eigenvalue weighted by Crippen LogP contribution is 2.36. The van der Waals surface area contributed by atoms with Gasteiger partial charge in [-0.3, -0.25) is 10.1 Å². The Morgan fingerprint density at radius 1 is 1.17 bits per heavy atom. The van der Waals surface area contributed by atoms with E-state index in [1.807, 2.05) is 24.6 Å². The highest BCUT2D eigenvalue weighted by molar-refractivity contribution is 7.20. The summed E-state index contributed by atoms with van der Waals surface area (Å²) in [7, 11) is 0. The van der Waals surface area contributed by atoms with Gasteiger partial charge in [-0.15, -0.1) is 22.7 Å². The number of urea groups is 1. The van der Waals surface area contributed by atoms with Gasteiger partial charge in [-0.1, -0.05) is 11.3 Å². The topological polar surface area (TPSA) is 114 Å². The first-order valence-electron chi connectivity index (χ1n) is 9.02. The number of likely N-dealkylation sites (tertiary alicyclic amines) is 1. The zero-order valence-corrected chi connectivity index (χ0v) is 18.6. The van der Waals surface area contributed by atoms with Crippen LogP contribution in [0.4, 0.5) is 9.93 Å². The van der Waals surface area contributed by atoms with Crippen LogP contribution in [0.3, 0.4) is 0 Å². The predicted molar refractivity (Wildman–Crippen MR) is 116 cm³/mol. The van der Waals surface area contributed by atoms with Crippen molar-refractivity contribution in [2.24, 2.45) is 5.73 Å². The molecule has 0 aromatic carbocycles. The molecule has 8 nitrogen and oxygen atoms in total. The van der Waals surface area contributed by atoms with Crippen molar-refractivity contribution in [3.05, 3.63) is 21.5 Å². The molecule has 0 spiro atoms. The second-order valence-corrected chi connectivity index (χ2v) is 9.97. The first-order valence-corrected chi connectivity index (χ1v) is 11.6. The van der Waals surface area contributed by atoms with Crippen LogP contribution in [0, 0.1) is 13.8 Å². The second kappa shape index (κ2) is 7.47. The fraction of sp³-hybridized carbons (Fsp3) is 0.389. The van der Waals surface area contributed by atoms with Crippen LogP contribution in [-0.4, -0.2) is 43.9 Å². The summed E-state index contributed by atoms with van der Waals surface area (Å²) < 4.78 is 0. The number of primary amides is 1. The van der Waals surface area contributed by atoms with E-state index in [-0.39, 0.29) is 6.03 Å². The number of hydrogen-bond donors (Lipinski definition) is 2. The van der Waals surface area contributed by atoms with Gasteiger partial charge in [0.15, 0.2) is 5.13 Å². The fourth-order valence-electron chi connectivity index (χ4n) is 3.35. The van der Waals surface area contributed by atoms with Gasteiger partial charge in [0, 0.05) is 17.3 Å². The molecule has 29 heavy (non-hydrogen) atoms. The lowest BCUT2D eigenvalue weighted by atomic mass is 9.98. The summed E-state index contributed by atoms with van der Waals surface area (Å²) in [6.45, 7) is 6.05. The molecule has 152 valence electrons. The molecule has 3 N–H and O–H groups in total. The van der Waals surface area contributed by atoms with Crippen LogP contribution in [0.15, 0.2) is 10.8 Å². The Bertz CT molecular complexity index is 1090. The van der Waals surface area contributed by atoms with Gasteiger partial charge in [0.05, 0.1) is 21.3 Å². The van der Waals surface area contributed by atoms with Crippen LogP contribution in [0.5, 0.6) is 0 Å². The molecule has 3 aromatic heterocycles. The average molecular weight is 449 g/mol. The number of thiazole rings is 3. The highest BCUT2D eigenvalue weighted by Gasteiger charge is 2.44. The summed E-state index contributed by atoms with van der Waals surface area (Å²) >= 11 is 4.49. The van der Waals surface area contributed by atoms with E-state index in [0.29, 0.717) is 18.1 Å². The molecule has 1 fully saturated rings. The van der Waals surface area contributed by atoms with Crippen molar-refractivity contribution in [1.82, 2.24) is 19.9 Å². The molecule has 0 aliphatic carbocycles. The van der Waals surface area contributed by atoms with E-state index in [4.69, 9.17) is 5.73 Å². The minimum atomic E-state index is -0.964. The molecule has 1 saturated heterocycles. The SMILES string of the molecule is Cc1nc(-c2nc(-c3sc(NC(=O)N4CCC[C@@]4(C)C(N)=O)nc3C)cs2)cs1. The van der Waals surface area contributed by atoms with E-state index < -0.39 is 11.4 Å². The van der Waals surface area contributed by atoms with Gasteiger partial charge >= 0.3 is 6.03 Å². The molecule has 1 aliphatic heterocycles. The summed E-state index contributed by atoms with van der Waals surface area (Å²) in [5.74, 6) is -0.492. The molecule has 0 radical (unpaired) electrons. The van der Waals surface area contributed by atoms with Gasteiger partial charge in [0.1, 0.15) is 16.2 Å². The van der Waals surface area contributed by atoms with Crippen LogP contribution in [0.1, 0.15) is 30.5 Å². The Labute approximate surface area is 179 Å². The van der Waals surface area contributed by atoms with Crippen LogP contribution >= 0.6 is 34.0 Å². The Balaban J connectivity index is 1.54. The number of aryl methyl sites for hydroxylation is 2. The molecule has 4 rings (SSSR count). The number of carbonyl (C=O) groups is 2. The number of amides is 3. The number of nitrogens with zero attached hydrogens (tertiary/aromatic N) is 4. The molecular formula is C18H20N6O2S3. The predicted octanol–water partition coefficient (Wildman–Crippen LogP) is 3.88. The van der Waals surface area contributed by atoms with Crippen molar-refractivity contribution in [2.45, 2.75) is 39.2 Å². The Morgan fingerprint density at radius 2 is 1.93 bits per heavy atom. The first kappa shape index (κ1) is 19.9. The summed E-state index contributed by atoms with van der Waals surface area (Å²) in [6.07, 6.45) is 1.31. The largest absolute Gasteiger partial charge is 0.368 e. The zero-order chi connectivity index (χ0) is 20.8. The molecule has 1 atom stereocenters. The molecule has 3 amide bonds. The quantitative estimate of drug-likeness (QED) is 0.629. The van der Waals surface area contributed by atoms with E-state index in [0.717, 1.165) is 38.4 Å². The summed E-state index contributed by atoms with van der Waals surface area (Å²) in [5.41, 5.74) is 7.04. The lowest BCUT2D eigenvalue weighted by Crippen LogP contribution is -2.55. The fourth-order valence-corrected chi connectivity index (χ4v) is 5.78. The van der Waals surface area contributed by atoms with Crippen LogP contribution < -0.4 is 11.1 Å². The van der Waals surface area contributed by atoms with Crippen LogP contribution in [0.2, 0.25) is 0 Å². The zero-order valence-electron chi connectivity index (χ0n) is 16.2. The summed E-state index contributed by atoms with van der Waals surface area (Å²) in [4.78, 5) is 40.6. The number of rotatable bonds is 4. The summed E-state index contributed by atoms with van der Waals surface area (Å²) in [6, 6.07) is -0.360. The third-order valence-electron chi connectivity index (χ3n) is 5.00. The number of carbonyl (C=O) groups excluding carboxylic acids is 2. The molecule has 1 aliphatic rings. The number of nitrogens with two attached hydrogens (primary N) is 1. The van der Waals surface area contributed by atoms with Crippen molar-refractivity contribution in [2.75, 3.05) is 11.9 Å². The van der Waals surface area contributed by atoms with Gasteiger partial charge in [-0.05, 0) is 33.6 Å². The maximum Gasteiger partial charge on any atom is 0.324 e. The van der Waals surface area contributed by atoms with Gasteiger partial charge in [-0.25, -0.2) is 19.7 Å². The van der Waals surface area contributed by atoms with Crippen LogP contribution in [0.25, 0.3) is 21.3 Å². The number of anilines is 1. The molecule has 0 bridgehead atoms. The molecule has 11 heteroatoms. The van der Waals surface area contributed by atoms with Crippen molar-refractivity contribution in [3.63, 3.8) is 0 Å². The van der Waals surface area contributed by atoms with Gasteiger partial charge in [0.25, 0.3) is 0 Å². The smallest absolute Gasteiger partial charge is 0.324 e.